The minimum Gasteiger partial charge on any atom is -0.632 e. The van der Waals surface area contributed by atoms with Crippen molar-refractivity contribution in [1.82, 2.24) is 0 Å². The summed E-state index contributed by atoms with van der Waals surface area (Å²) in [6.07, 6.45) is -4.66. The lowest BCUT2D eigenvalue weighted by molar-refractivity contribution is -0.909. The average Bonchev–Trinajstić information content (AvgIpc) is 2.93. The summed E-state index contributed by atoms with van der Waals surface area (Å²) in [6, 6.07) is 17.5. The van der Waals surface area contributed by atoms with E-state index in [-0.39, 0.29) is 31.1 Å². The highest BCUT2D eigenvalue weighted by molar-refractivity contribution is 5.50. The second-order valence-electron chi connectivity index (χ2n) is 7.74. The van der Waals surface area contributed by atoms with Crippen LogP contribution in [0.2, 0.25) is 0 Å². The Morgan fingerprint density at radius 3 is 2.58 bits per heavy atom. The van der Waals surface area contributed by atoms with Gasteiger partial charge in [-0.15, -0.1) is 8.78 Å². The summed E-state index contributed by atoms with van der Waals surface area (Å²) in [5.74, 6) is -0.196. The first-order valence-electron chi connectivity index (χ1n) is 9.75. The summed E-state index contributed by atoms with van der Waals surface area (Å²) in [4.78, 5) is 0. The third kappa shape index (κ3) is 3.92. The molecule has 2 atom stereocenters. The Morgan fingerprint density at radius 1 is 0.968 bits per heavy atom. The smallest absolute Gasteiger partial charge is 0.586 e. The monoisotopic (exact) mass is 429 g/mol. The first-order chi connectivity index (χ1) is 14.8. The molecule has 3 aromatic rings. The topological polar surface area (TPSA) is 50.8 Å². The third-order valence-corrected chi connectivity index (χ3v) is 5.36. The molecule has 0 saturated carbocycles. The van der Waals surface area contributed by atoms with E-state index in [9.17, 15) is 18.4 Å². The summed E-state index contributed by atoms with van der Waals surface area (Å²) >= 11 is 0. The number of halogens is 3. The molecule has 5 nitrogen and oxygen atoms in total. The fourth-order valence-corrected chi connectivity index (χ4v) is 4.11. The van der Waals surface area contributed by atoms with Gasteiger partial charge in [0.25, 0.3) is 0 Å². The van der Waals surface area contributed by atoms with Crippen molar-refractivity contribution in [2.24, 2.45) is 0 Å². The number of fused-ring (bicyclic) bond motifs is 2. The maximum atomic E-state index is 13.9. The number of alkyl halides is 2. The van der Waals surface area contributed by atoms with Gasteiger partial charge in [-0.25, -0.2) is 4.39 Å². The molecule has 0 amide bonds. The Morgan fingerprint density at radius 2 is 1.74 bits per heavy atom. The first kappa shape index (κ1) is 19.7. The van der Waals surface area contributed by atoms with Crippen molar-refractivity contribution in [3.05, 3.63) is 94.4 Å². The number of quaternary nitrogens is 1. The van der Waals surface area contributed by atoms with E-state index in [0.29, 0.717) is 22.4 Å². The first-order valence-corrected chi connectivity index (χ1v) is 9.75. The Balaban J connectivity index is 1.55. The zero-order valence-electron chi connectivity index (χ0n) is 16.3. The van der Waals surface area contributed by atoms with Crippen LogP contribution in [0.1, 0.15) is 22.8 Å². The molecule has 160 valence electrons. The van der Waals surface area contributed by atoms with Crippen LogP contribution in [-0.4, -0.2) is 17.5 Å². The molecule has 2 aliphatic heterocycles. The van der Waals surface area contributed by atoms with Gasteiger partial charge in [-0.3, -0.25) is 0 Å². The maximum Gasteiger partial charge on any atom is 0.586 e. The number of hydrogen-bond donors (Lipinski definition) is 0. The quantitative estimate of drug-likeness (QED) is 0.419. The molecule has 5 rings (SSSR count). The van der Waals surface area contributed by atoms with Crippen molar-refractivity contribution < 1.29 is 32.0 Å². The van der Waals surface area contributed by atoms with Crippen LogP contribution in [0.3, 0.4) is 0 Å². The molecular formula is C23H18F3NO4. The Kier molecular flexibility index (Phi) is 4.56. The fraction of sp³-hybridized carbons (Fsp3) is 0.217. The molecule has 0 bridgehead atoms. The number of para-hydroxylation sites is 2. The molecule has 0 saturated heterocycles. The molecule has 0 spiro atoms. The van der Waals surface area contributed by atoms with Crippen LogP contribution in [0.5, 0.6) is 17.2 Å². The Labute approximate surface area is 176 Å². The Hall–Kier alpha value is -3.23. The molecule has 3 aromatic carbocycles. The highest BCUT2D eigenvalue weighted by Gasteiger charge is 2.46. The minimum absolute atomic E-state index is 0.00546. The summed E-state index contributed by atoms with van der Waals surface area (Å²) in [7, 11) is 0. The second kappa shape index (κ2) is 7.18. The second-order valence-corrected chi connectivity index (χ2v) is 7.74. The third-order valence-electron chi connectivity index (χ3n) is 5.36. The van der Waals surface area contributed by atoms with Gasteiger partial charge in [-0.2, -0.15) is 0 Å². The lowest BCUT2D eigenvalue weighted by Gasteiger charge is -2.43. The van der Waals surface area contributed by atoms with Gasteiger partial charge in [0.1, 0.15) is 31.2 Å². The van der Waals surface area contributed by atoms with Crippen LogP contribution in [0.4, 0.5) is 13.2 Å². The largest absolute Gasteiger partial charge is 0.632 e. The van der Waals surface area contributed by atoms with Gasteiger partial charge in [-0.05, 0) is 30.3 Å². The van der Waals surface area contributed by atoms with Gasteiger partial charge in [0.2, 0.25) is 0 Å². The highest BCUT2D eigenvalue weighted by Crippen LogP contribution is 2.47. The van der Waals surface area contributed by atoms with Crippen LogP contribution < -0.4 is 14.2 Å². The van der Waals surface area contributed by atoms with Gasteiger partial charge in [-0.1, -0.05) is 36.4 Å². The number of rotatable bonds is 3. The SMILES string of the molecule is [O-][N+]1(Cc2cccc(F)c2)Cc2ccccc2OC(c2cccc3c2OC(F)(F)O3)C1. The van der Waals surface area contributed by atoms with Gasteiger partial charge < -0.3 is 24.1 Å². The average molecular weight is 429 g/mol. The predicted octanol–water partition coefficient (Wildman–Crippen LogP) is 5.30. The maximum absolute atomic E-state index is 13.9. The zero-order chi connectivity index (χ0) is 21.6. The van der Waals surface area contributed by atoms with Crippen molar-refractivity contribution >= 4 is 0 Å². The van der Waals surface area contributed by atoms with Gasteiger partial charge >= 0.3 is 6.29 Å². The molecule has 0 fully saturated rings. The molecule has 2 unspecified atom stereocenters. The lowest BCUT2D eigenvalue weighted by atomic mass is 10.1. The zero-order valence-corrected chi connectivity index (χ0v) is 16.3. The molecule has 2 aliphatic rings. The Bertz CT molecular complexity index is 1140. The van der Waals surface area contributed by atoms with E-state index in [4.69, 9.17) is 9.47 Å². The van der Waals surface area contributed by atoms with Crippen molar-refractivity contribution in [2.45, 2.75) is 25.5 Å². The van der Waals surface area contributed by atoms with E-state index in [1.165, 1.54) is 18.2 Å². The molecule has 0 N–H and O–H groups in total. The molecule has 8 heteroatoms. The highest BCUT2D eigenvalue weighted by atomic mass is 19.3. The molecular weight excluding hydrogens is 411 g/mol. The summed E-state index contributed by atoms with van der Waals surface area (Å²) in [5.41, 5.74) is 1.52. The summed E-state index contributed by atoms with van der Waals surface area (Å²) < 4.78 is 55.7. The van der Waals surface area contributed by atoms with Gasteiger partial charge in [0, 0.05) is 16.7 Å². The lowest BCUT2D eigenvalue weighted by Crippen LogP contribution is -2.43. The van der Waals surface area contributed by atoms with Crippen molar-refractivity contribution in [3.63, 3.8) is 0 Å². The number of nitrogens with zero attached hydrogens (tertiary/aromatic N) is 1. The van der Waals surface area contributed by atoms with E-state index >= 15 is 0 Å². The predicted molar refractivity (Wildman–Crippen MR) is 105 cm³/mol. The van der Waals surface area contributed by atoms with E-state index < -0.39 is 22.9 Å². The van der Waals surface area contributed by atoms with Crippen LogP contribution >= 0.6 is 0 Å². The molecule has 31 heavy (non-hydrogen) atoms. The van der Waals surface area contributed by atoms with Gasteiger partial charge in [0.05, 0.1) is 0 Å². The molecule has 0 aromatic heterocycles. The van der Waals surface area contributed by atoms with E-state index in [1.807, 2.05) is 0 Å². The molecule has 0 aliphatic carbocycles. The van der Waals surface area contributed by atoms with Crippen LogP contribution in [-0.2, 0) is 13.1 Å². The van der Waals surface area contributed by atoms with Crippen LogP contribution in [0, 0.1) is 11.0 Å². The number of benzene rings is 3. The van der Waals surface area contributed by atoms with Crippen LogP contribution in [0.15, 0.2) is 66.7 Å². The van der Waals surface area contributed by atoms with E-state index in [1.54, 1.807) is 48.5 Å². The van der Waals surface area contributed by atoms with E-state index in [2.05, 4.69) is 4.74 Å². The van der Waals surface area contributed by atoms with Gasteiger partial charge in [0.15, 0.2) is 17.6 Å². The fourth-order valence-electron chi connectivity index (χ4n) is 4.11. The summed E-state index contributed by atoms with van der Waals surface area (Å²) in [6.45, 7) is -0.00317. The van der Waals surface area contributed by atoms with Crippen molar-refractivity contribution in [1.29, 1.82) is 0 Å². The molecule has 0 radical (unpaired) electrons. The summed E-state index contributed by atoms with van der Waals surface area (Å²) in [5, 5.41) is 13.9. The van der Waals surface area contributed by atoms with E-state index in [0.717, 1.165) is 0 Å². The number of hydrogen-bond acceptors (Lipinski definition) is 4. The normalized spacial score (nSPS) is 23.5. The standard InChI is InChI=1S/C23H18F3NO4/c24-17-7-3-5-15(11-17)12-27(28)13-16-6-1-2-9-19(16)29-21(14-27)18-8-4-10-20-22(18)31-23(25,26)30-20/h1-11,21H,12-14H2. The molecule has 2 heterocycles. The minimum atomic E-state index is -3.79. The van der Waals surface area contributed by atoms with Crippen molar-refractivity contribution in [2.75, 3.05) is 6.54 Å². The van der Waals surface area contributed by atoms with Crippen LogP contribution in [0.25, 0.3) is 0 Å². The number of hydroxylamine groups is 3. The number of ether oxygens (including phenoxy) is 3. The van der Waals surface area contributed by atoms with Crippen molar-refractivity contribution in [3.8, 4) is 17.2 Å².